The number of alkyl halides is 9. The highest BCUT2D eigenvalue weighted by molar-refractivity contribution is 8.33. The number of rotatable bonds is 29. The van der Waals surface area contributed by atoms with Crippen LogP contribution in [0.15, 0.2) is 87.5 Å². The number of benzene rings is 3. The molecule has 0 spiro atoms. The zero-order valence-electron chi connectivity index (χ0n) is 32.5. The lowest BCUT2D eigenvalue weighted by Crippen LogP contribution is -2.63. The summed E-state index contributed by atoms with van der Waals surface area (Å²) in [5, 5.41) is -7.18. The van der Waals surface area contributed by atoms with Gasteiger partial charge in [-0.05, 0) is 83.1 Å². The zero-order valence-corrected chi connectivity index (χ0v) is 34.2. The molecule has 3 rings (SSSR count). The monoisotopic (exact) mass is 916 g/mol. The molecule has 3 aromatic rings. The van der Waals surface area contributed by atoms with Crippen LogP contribution in [0.5, 0.6) is 17.2 Å². The molecule has 0 amide bonds. The fourth-order valence-corrected chi connectivity index (χ4v) is 9.97. The number of ether oxygens (including phenoxy) is 9. The van der Waals surface area contributed by atoms with Crippen LogP contribution in [-0.4, -0.2) is 132 Å². The van der Waals surface area contributed by atoms with Gasteiger partial charge in [0.2, 0.25) is 0 Å². The van der Waals surface area contributed by atoms with Gasteiger partial charge in [0.05, 0.1) is 59.5 Å². The van der Waals surface area contributed by atoms with E-state index < -0.39 is 43.7 Å². The highest BCUT2D eigenvalue weighted by Gasteiger charge is 2.86. The van der Waals surface area contributed by atoms with Gasteiger partial charge in [-0.3, -0.25) is 0 Å². The molecule has 0 fully saturated rings. The third-order valence-electron chi connectivity index (χ3n) is 7.87. The first kappa shape index (κ1) is 50.8. The van der Waals surface area contributed by atoms with E-state index in [1.165, 1.54) is 57.7 Å². The third-order valence-corrected chi connectivity index (χ3v) is 13.1. The third kappa shape index (κ3) is 12.8. The molecule has 0 aromatic heterocycles. The first-order chi connectivity index (χ1) is 28.3. The van der Waals surface area contributed by atoms with Crippen LogP contribution in [0, 0.1) is 0 Å². The Bertz CT molecular complexity index is 1660. The van der Waals surface area contributed by atoms with Gasteiger partial charge in [0.1, 0.15) is 37.1 Å². The fourth-order valence-electron chi connectivity index (χ4n) is 4.79. The molecule has 3 aromatic carbocycles. The summed E-state index contributed by atoms with van der Waals surface area (Å²) in [6.45, 7) is 1.86. The molecular formula is C37H45F9O12S2. The summed E-state index contributed by atoms with van der Waals surface area (Å²) in [7, 11) is -7.44. The molecule has 23 heteroatoms. The van der Waals surface area contributed by atoms with Crippen LogP contribution in [0.4, 0.5) is 39.5 Å². The standard InChI is InChI=1S/C37H45F9O12S2/c1-49-16-19-52-22-25-55-28-4-10-31(11-5-28)59(32-12-6-29(7-13-32)56-26-23-53-20-17-50-2,33-14-8-30(9-15-33)57-27-24-54-21-18-51-3)58-60(47,48)37(45,46)35(40,41)34(38,39)36(42,43)44/h4-15H,16-27H2,1-3H3. The summed E-state index contributed by atoms with van der Waals surface area (Å²) in [6.07, 6.45) is -7.31. The molecule has 12 nitrogen and oxygen atoms in total. The molecule has 0 aliphatic carbocycles. The van der Waals surface area contributed by atoms with E-state index in [1.54, 1.807) is 0 Å². The van der Waals surface area contributed by atoms with Gasteiger partial charge in [-0.1, -0.05) is 0 Å². The predicted molar refractivity (Wildman–Crippen MR) is 197 cm³/mol. The van der Waals surface area contributed by atoms with Crippen LogP contribution < -0.4 is 14.2 Å². The minimum atomic E-state index is -7.57. The molecule has 340 valence electrons. The van der Waals surface area contributed by atoms with E-state index in [4.69, 9.17) is 46.3 Å². The Kier molecular flexibility index (Phi) is 19.5. The normalized spacial score (nSPS) is 13.3. The first-order valence-corrected chi connectivity index (χ1v) is 20.7. The van der Waals surface area contributed by atoms with Gasteiger partial charge in [0, 0.05) is 36.0 Å². The average Bonchev–Trinajstić information content (AvgIpc) is 3.21. The van der Waals surface area contributed by atoms with Crippen LogP contribution in [0.2, 0.25) is 0 Å². The van der Waals surface area contributed by atoms with Crippen molar-refractivity contribution in [2.24, 2.45) is 0 Å². The molecule has 0 bridgehead atoms. The van der Waals surface area contributed by atoms with Crippen molar-refractivity contribution in [2.75, 3.05) is 101 Å². The van der Waals surface area contributed by atoms with Gasteiger partial charge in [-0.15, -0.1) is 0 Å². The smallest absolute Gasteiger partial charge is 0.460 e. The summed E-state index contributed by atoms with van der Waals surface area (Å²) >= 11 is 0. The summed E-state index contributed by atoms with van der Waals surface area (Å²) in [5.74, 6) is -14.8. The molecular weight excluding hydrogens is 872 g/mol. The molecule has 0 radical (unpaired) electrons. The lowest BCUT2D eigenvalue weighted by molar-refractivity contribution is -0.382. The van der Waals surface area contributed by atoms with E-state index in [-0.39, 0.29) is 91.4 Å². The highest BCUT2D eigenvalue weighted by Crippen LogP contribution is 2.71. The minimum absolute atomic E-state index is 0.0154. The molecule has 0 aliphatic rings. The molecule has 60 heavy (non-hydrogen) atoms. The van der Waals surface area contributed by atoms with Gasteiger partial charge < -0.3 is 42.6 Å². The van der Waals surface area contributed by atoms with Crippen molar-refractivity contribution in [1.82, 2.24) is 0 Å². The van der Waals surface area contributed by atoms with Crippen LogP contribution >= 0.6 is 10.3 Å². The van der Waals surface area contributed by atoms with Gasteiger partial charge in [-0.25, -0.2) is 3.63 Å². The van der Waals surface area contributed by atoms with Crippen LogP contribution in [0.25, 0.3) is 0 Å². The average molecular weight is 917 g/mol. The SMILES string of the molecule is COCCOCCOc1ccc(S(OS(=O)(=O)C(F)(F)C(F)(F)C(F)(F)C(F)(F)F)(c2ccc(OCCOCCOC)cc2)c2ccc(OCCOCCOC)cc2)cc1. The number of hydrogen-bond donors (Lipinski definition) is 0. The molecule has 0 saturated heterocycles. The summed E-state index contributed by atoms with van der Waals surface area (Å²) in [4.78, 5) is -1.01. The molecule has 0 saturated carbocycles. The first-order valence-electron chi connectivity index (χ1n) is 17.7. The molecule has 0 heterocycles. The van der Waals surface area contributed by atoms with E-state index in [2.05, 4.69) is 0 Å². The topological polar surface area (TPSA) is 126 Å². The van der Waals surface area contributed by atoms with Crippen LogP contribution in [0.3, 0.4) is 0 Å². The van der Waals surface area contributed by atoms with Crippen molar-refractivity contribution in [3.8, 4) is 17.2 Å². The maximum Gasteiger partial charge on any atom is 0.460 e. The van der Waals surface area contributed by atoms with Crippen molar-refractivity contribution < 1.29 is 94.2 Å². The lowest BCUT2D eigenvalue weighted by atomic mass is 10.1. The summed E-state index contributed by atoms with van der Waals surface area (Å²) < 4.78 is 208. The number of methoxy groups -OCH3 is 3. The van der Waals surface area contributed by atoms with Gasteiger partial charge >= 0.3 is 33.4 Å². The number of halogens is 9. The maximum absolute atomic E-state index is 15.5. The predicted octanol–water partition coefficient (Wildman–Crippen LogP) is 7.78. The molecule has 0 N–H and O–H groups in total. The molecule has 0 aliphatic heterocycles. The zero-order chi connectivity index (χ0) is 44.5. The van der Waals surface area contributed by atoms with Crippen molar-refractivity contribution in [1.29, 1.82) is 0 Å². The van der Waals surface area contributed by atoms with Gasteiger partial charge in [-0.2, -0.15) is 47.9 Å². The molecule has 0 unspecified atom stereocenters. The Morgan fingerprint density at radius 1 is 0.417 bits per heavy atom. The van der Waals surface area contributed by atoms with Crippen molar-refractivity contribution in [3.63, 3.8) is 0 Å². The summed E-state index contributed by atoms with van der Waals surface area (Å²) in [6, 6.07) is 14.1. The molecule has 0 atom stereocenters. The quantitative estimate of drug-likeness (QED) is 0.0499. The van der Waals surface area contributed by atoms with Crippen molar-refractivity contribution in [2.45, 2.75) is 38.0 Å². The van der Waals surface area contributed by atoms with Gasteiger partial charge in [0.25, 0.3) is 0 Å². The second-order valence-corrected chi connectivity index (χ2v) is 16.5. The highest BCUT2D eigenvalue weighted by atomic mass is 32.3. The Hall–Kier alpha value is -3.55. The second kappa shape index (κ2) is 23.1. The van der Waals surface area contributed by atoms with Crippen molar-refractivity contribution in [3.05, 3.63) is 72.8 Å². The lowest BCUT2D eigenvalue weighted by Gasteiger charge is -2.41. The van der Waals surface area contributed by atoms with Crippen LogP contribution in [-0.2, 0) is 42.2 Å². The van der Waals surface area contributed by atoms with E-state index >= 15 is 8.78 Å². The maximum atomic E-state index is 15.5. The second-order valence-electron chi connectivity index (χ2n) is 12.0. The number of hydrogen-bond acceptors (Lipinski definition) is 12. The van der Waals surface area contributed by atoms with Crippen molar-refractivity contribution >= 4 is 20.4 Å². The summed E-state index contributed by atoms with van der Waals surface area (Å²) in [5.41, 5.74) is 0. The largest absolute Gasteiger partial charge is 0.491 e. The van der Waals surface area contributed by atoms with E-state index in [0.717, 1.165) is 36.4 Å². The Morgan fingerprint density at radius 2 is 0.700 bits per heavy atom. The van der Waals surface area contributed by atoms with E-state index in [9.17, 15) is 39.2 Å². The van der Waals surface area contributed by atoms with Crippen LogP contribution in [0.1, 0.15) is 0 Å². The minimum Gasteiger partial charge on any atom is -0.491 e. The van der Waals surface area contributed by atoms with E-state index in [0.29, 0.717) is 19.8 Å². The van der Waals surface area contributed by atoms with Gasteiger partial charge in [0.15, 0.2) is 0 Å². The Labute approximate surface area is 342 Å². The van der Waals surface area contributed by atoms with E-state index in [1.807, 2.05) is 0 Å². The Balaban J connectivity index is 2.20. The Morgan fingerprint density at radius 3 is 0.967 bits per heavy atom. The fraction of sp³-hybridized carbons (Fsp3) is 0.514.